The molecule has 0 radical (unpaired) electrons. The third-order valence-corrected chi connectivity index (χ3v) is 5.67. The molecule has 0 saturated heterocycles. The fraction of sp³-hybridized carbons (Fsp3) is 1.00. The zero-order valence-corrected chi connectivity index (χ0v) is 16.3. The van der Waals surface area contributed by atoms with Gasteiger partial charge in [0, 0.05) is 0 Å². The van der Waals surface area contributed by atoms with E-state index in [4.69, 9.17) is 0 Å². The van der Waals surface area contributed by atoms with Crippen LogP contribution in [0.4, 0.5) is 0 Å². The smallest absolute Gasteiger partial charge is 0.0603 e. The largest absolute Gasteiger partial charge is 0.302 e. The molecule has 1 atom stereocenters. The van der Waals surface area contributed by atoms with Crippen LogP contribution >= 0.6 is 0 Å². The topological polar surface area (TPSA) is 24.1 Å². The van der Waals surface area contributed by atoms with Gasteiger partial charge in [-0.2, -0.15) is 0 Å². The highest BCUT2D eigenvalue weighted by molar-refractivity contribution is 4.82. The lowest BCUT2D eigenvalue weighted by molar-refractivity contribution is 0.162. The molecule has 23 heavy (non-hydrogen) atoms. The molecule has 0 heterocycles. The molecule has 138 valence electrons. The van der Waals surface area contributed by atoms with Crippen molar-refractivity contribution in [2.24, 2.45) is 11.8 Å². The van der Waals surface area contributed by atoms with Gasteiger partial charge in [-0.3, -0.25) is 0 Å². The van der Waals surface area contributed by atoms with Gasteiger partial charge in [-0.1, -0.05) is 97.8 Å². The van der Waals surface area contributed by atoms with Crippen LogP contribution in [0, 0.1) is 11.8 Å². The Balaban J connectivity index is 2.39. The zero-order valence-electron chi connectivity index (χ0n) is 16.3. The molecule has 0 aromatic heterocycles. The number of unbranched alkanes of at least 4 members (excludes halogenated alkanes) is 6. The lowest BCUT2D eigenvalue weighted by Gasteiger charge is -2.37. The molecule has 1 unspecified atom stereocenters. The van der Waals surface area contributed by atoms with E-state index in [0.717, 1.165) is 24.9 Å². The summed E-state index contributed by atoms with van der Waals surface area (Å²) < 4.78 is 0. The molecule has 1 saturated carbocycles. The van der Waals surface area contributed by atoms with Crippen molar-refractivity contribution in [3.8, 4) is 0 Å². The van der Waals surface area contributed by atoms with E-state index in [1.54, 1.807) is 0 Å². The Kier molecular flexibility index (Phi) is 13.0. The van der Waals surface area contributed by atoms with Crippen LogP contribution in [0.15, 0.2) is 0 Å². The van der Waals surface area contributed by atoms with Crippen molar-refractivity contribution in [2.45, 2.75) is 110 Å². The van der Waals surface area contributed by atoms with Crippen LogP contribution in [0.5, 0.6) is 0 Å². The molecule has 0 spiro atoms. The Morgan fingerprint density at radius 3 is 1.87 bits per heavy atom. The lowest BCUT2D eigenvalue weighted by Crippen LogP contribution is -2.50. The van der Waals surface area contributed by atoms with E-state index in [-0.39, 0.29) is 0 Å². The van der Waals surface area contributed by atoms with Crippen LogP contribution < -0.4 is 10.6 Å². The highest BCUT2D eigenvalue weighted by Crippen LogP contribution is 2.34. The van der Waals surface area contributed by atoms with Gasteiger partial charge in [0.25, 0.3) is 0 Å². The molecular formula is C21H44N2. The maximum absolute atomic E-state index is 3.74. The summed E-state index contributed by atoms with van der Waals surface area (Å²) in [6.07, 6.45) is 19.3. The Morgan fingerprint density at radius 1 is 0.739 bits per heavy atom. The summed E-state index contributed by atoms with van der Waals surface area (Å²) in [4.78, 5) is 0. The second-order valence-electron chi connectivity index (χ2n) is 7.56. The summed E-state index contributed by atoms with van der Waals surface area (Å²) in [6.45, 7) is 8.96. The van der Waals surface area contributed by atoms with E-state index in [9.17, 15) is 0 Å². The zero-order chi connectivity index (χ0) is 16.8. The van der Waals surface area contributed by atoms with Crippen molar-refractivity contribution in [1.82, 2.24) is 10.6 Å². The number of hydrogen-bond donors (Lipinski definition) is 2. The first kappa shape index (κ1) is 21.0. The minimum absolute atomic E-state index is 0.535. The molecule has 2 nitrogen and oxygen atoms in total. The van der Waals surface area contributed by atoms with E-state index in [1.165, 1.54) is 83.5 Å². The molecule has 1 aliphatic rings. The van der Waals surface area contributed by atoms with Crippen molar-refractivity contribution < 1.29 is 0 Å². The van der Waals surface area contributed by atoms with Crippen LogP contribution in [0.1, 0.15) is 104 Å². The van der Waals surface area contributed by atoms with E-state index < -0.39 is 0 Å². The predicted molar refractivity (Wildman–Crippen MR) is 104 cm³/mol. The minimum Gasteiger partial charge on any atom is -0.302 e. The Hall–Kier alpha value is -0.0800. The summed E-state index contributed by atoms with van der Waals surface area (Å²) in [7, 11) is 0. The summed E-state index contributed by atoms with van der Waals surface area (Å²) in [5.41, 5.74) is 0. The fourth-order valence-electron chi connectivity index (χ4n) is 4.39. The molecule has 0 aromatic rings. The molecule has 0 bridgehead atoms. The van der Waals surface area contributed by atoms with Crippen LogP contribution in [-0.4, -0.2) is 19.3 Å². The molecule has 0 amide bonds. The lowest BCUT2D eigenvalue weighted by atomic mass is 9.76. The molecule has 2 N–H and O–H groups in total. The predicted octanol–water partition coefficient (Wildman–Crippen LogP) is 5.87. The molecule has 1 rings (SSSR count). The second kappa shape index (κ2) is 14.3. The first-order valence-corrected chi connectivity index (χ1v) is 10.8. The monoisotopic (exact) mass is 324 g/mol. The summed E-state index contributed by atoms with van der Waals surface area (Å²) in [6, 6.07) is 0. The highest BCUT2D eigenvalue weighted by Gasteiger charge is 2.29. The molecule has 0 aliphatic heterocycles. The van der Waals surface area contributed by atoms with Crippen molar-refractivity contribution >= 4 is 0 Å². The fourth-order valence-corrected chi connectivity index (χ4v) is 4.39. The molecule has 0 aromatic carbocycles. The molecule has 2 heteroatoms. The van der Waals surface area contributed by atoms with E-state index >= 15 is 0 Å². The minimum atomic E-state index is 0.535. The second-order valence-corrected chi connectivity index (χ2v) is 7.56. The van der Waals surface area contributed by atoms with E-state index in [2.05, 4.69) is 31.4 Å². The number of nitrogens with one attached hydrogen (secondary N) is 2. The van der Waals surface area contributed by atoms with Crippen molar-refractivity contribution in [1.29, 1.82) is 0 Å². The highest BCUT2D eigenvalue weighted by atomic mass is 15.1. The van der Waals surface area contributed by atoms with Gasteiger partial charge < -0.3 is 10.6 Å². The van der Waals surface area contributed by atoms with Crippen molar-refractivity contribution in [2.75, 3.05) is 13.1 Å². The van der Waals surface area contributed by atoms with Gasteiger partial charge >= 0.3 is 0 Å². The van der Waals surface area contributed by atoms with Crippen molar-refractivity contribution in [3.05, 3.63) is 0 Å². The molecular weight excluding hydrogens is 280 g/mol. The van der Waals surface area contributed by atoms with Gasteiger partial charge in [-0.05, 0) is 31.3 Å². The summed E-state index contributed by atoms with van der Waals surface area (Å²) in [5, 5.41) is 7.48. The SMILES string of the molecule is CCCCCCCCCC(C1CCCCC1)C(NCC)NCC. The Labute approximate surface area is 146 Å². The maximum atomic E-state index is 3.74. The van der Waals surface area contributed by atoms with Crippen LogP contribution in [0.2, 0.25) is 0 Å². The average Bonchev–Trinajstić information content (AvgIpc) is 2.58. The van der Waals surface area contributed by atoms with Gasteiger partial charge in [-0.25, -0.2) is 0 Å². The number of hydrogen-bond acceptors (Lipinski definition) is 2. The third kappa shape index (κ3) is 9.10. The van der Waals surface area contributed by atoms with Gasteiger partial charge in [0.15, 0.2) is 0 Å². The van der Waals surface area contributed by atoms with Gasteiger partial charge in [0.05, 0.1) is 6.17 Å². The average molecular weight is 325 g/mol. The molecule has 1 fully saturated rings. The quantitative estimate of drug-likeness (QED) is 0.308. The number of rotatable bonds is 14. The first-order chi connectivity index (χ1) is 11.3. The molecule has 1 aliphatic carbocycles. The van der Waals surface area contributed by atoms with E-state index in [1.807, 2.05) is 0 Å². The Morgan fingerprint density at radius 2 is 1.30 bits per heavy atom. The summed E-state index contributed by atoms with van der Waals surface area (Å²) in [5.74, 6) is 1.79. The van der Waals surface area contributed by atoms with Crippen LogP contribution in [0.3, 0.4) is 0 Å². The van der Waals surface area contributed by atoms with Crippen LogP contribution in [0.25, 0.3) is 0 Å². The normalized spacial score (nSPS) is 17.7. The summed E-state index contributed by atoms with van der Waals surface area (Å²) >= 11 is 0. The van der Waals surface area contributed by atoms with Gasteiger partial charge in [-0.15, -0.1) is 0 Å². The Bertz CT molecular complexity index is 242. The van der Waals surface area contributed by atoms with Crippen LogP contribution in [-0.2, 0) is 0 Å². The van der Waals surface area contributed by atoms with E-state index in [0.29, 0.717) is 6.17 Å². The standard InChI is InChI=1S/C21H44N2/c1-4-7-8-9-10-11-15-18-20(19-16-13-12-14-17-19)21(22-5-2)23-6-3/h19-23H,4-18H2,1-3H3. The van der Waals surface area contributed by atoms with Crippen molar-refractivity contribution in [3.63, 3.8) is 0 Å². The van der Waals surface area contributed by atoms with Gasteiger partial charge in [0.2, 0.25) is 0 Å². The first-order valence-electron chi connectivity index (χ1n) is 10.8. The third-order valence-electron chi connectivity index (χ3n) is 5.67. The maximum Gasteiger partial charge on any atom is 0.0603 e. The van der Waals surface area contributed by atoms with Gasteiger partial charge in [0.1, 0.15) is 0 Å².